The molecule has 0 radical (unpaired) electrons. The first kappa shape index (κ1) is 17.3. The van der Waals surface area contributed by atoms with Crippen molar-refractivity contribution in [3.8, 4) is 5.75 Å². The van der Waals surface area contributed by atoms with Crippen LogP contribution < -0.4 is 9.64 Å². The zero-order valence-electron chi connectivity index (χ0n) is 17.2. The van der Waals surface area contributed by atoms with Gasteiger partial charge in [0.2, 0.25) is 0 Å². The molecule has 4 bridgehead atoms. The summed E-state index contributed by atoms with van der Waals surface area (Å²) in [5.41, 5.74) is 8.17. The van der Waals surface area contributed by atoms with Crippen molar-refractivity contribution in [2.45, 2.75) is 39.0 Å². The third-order valence-electron chi connectivity index (χ3n) is 7.70. The smallest absolute Gasteiger partial charge is 0.308 e. The van der Waals surface area contributed by atoms with Gasteiger partial charge in [-0.25, -0.2) is 0 Å². The topological polar surface area (TPSA) is 29.5 Å². The van der Waals surface area contributed by atoms with Gasteiger partial charge in [-0.15, -0.1) is 0 Å². The van der Waals surface area contributed by atoms with E-state index in [1.54, 1.807) is 5.57 Å². The van der Waals surface area contributed by atoms with Gasteiger partial charge >= 0.3 is 5.97 Å². The highest BCUT2D eigenvalue weighted by atomic mass is 16.5. The molecule has 0 spiro atoms. The van der Waals surface area contributed by atoms with Crippen molar-refractivity contribution < 1.29 is 9.53 Å². The Morgan fingerprint density at radius 1 is 0.897 bits per heavy atom. The van der Waals surface area contributed by atoms with E-state index >= 15 is 0 Å². The van der Waals surface area contributed by atoms with Crippen LogP contribution in [-0.2, 0) is 4.79 Å². The van der Waals surface area contributed by atoms with E-state index in [9.17, 15) is 4.79 Å². The molecule has 3 nitrogen and oxygen atoms in total. The Bertz CT molecular complexity index is 1020. The highest BCUT2D eigenvalue weighted by Crippen LogP contribution is 2.60. The van der Waals surface area contributed by atoms with E-state index in [1.165, 1.54) is 67.1 Å². The lowest BCUT2D eigenvalue weighted by Crippen LogP contribution is -2.41. The number of para-hydroxylation sites is 1. The minimum Gasteiger partial charge on any atom is -0.427 e. The van der Waals surface area contributed by atoms with E-state index < -0.39 is 0 Å². The van der Waals surface area contributed by atoms with Gasteiger partial charge in [-0.3, -0.25) is 4.79 Å². The lowest BCUT2D eigenvalue weighted by molar-refractivity contribution is -0.131. The van der Waals surface area contributed by atoms with Gasteiger partial charge in [0, 0.05) is 36.5 Å². The Kier molecular flexibility index (Phi) is 3.72. The van der Waals surface area contributed by atoms with Crippen LogP contribution in [0.25, 0.3) is 5.57 Å². The summed E-state index contributed by atoms with van der Waals surface area (Å²) >= 11 is 0. The van der Waals surface area contributed by atoms with Crippen LogP contribution in [0.15, 0.2) is 48.0 Å². The molecule has 0 atom stereocenters. The molecule has 0 unspecified atom stereocenters. The normalized spacial score (nSPS) is 29.0. The van der Waals surface area contributed by atoms with Gasteiger partial charge in [0.25, 0.3) is 0 Å². The van der Waals surface area contributed by atoms with E-state index in [0.717, 1.165) is 23.7 Å². The first-order valence-corrected chi connectivity index (χ1v) is 11.0. The molecule has 1 heterocycles. The summed E-state index contributed by atoms with van der Waals surface area (Å²) in [6, 6.07) is 14.9. The molecule has 5 aliphatic rings. The monoisotopic (exact) mass is 385 g/mol. The van der Waals surface area contributed by atoms with Crippen molar-refractivity contribution in [3.05, 3.63) is 59.2 Å². The second-order valence-corrected chi connectivity index (χ2v) is 9.48. The van der Waals surface area contributed by atoms with Crippen LogP contribution in [0.2, 0.25) is 0 Å². The number of ether oxygens (including phenoxy) is 1. The average Bonchev–Trinajstić information content (AvgIpc) is 2.69. The second-order valence-electron chi connectivity index (χ2n) is 9.48. The molecule has 0 amide bonds. The van der Waals surface area contributed by atoms with E-state index in [0.29, 0.717) is 5.75 Å². The molecule has 0 N–H and O–H groups in total. The molecule has 29 heavy (non-hydrogen) atoms. The second kappa shape index (κ2) is 6.22. The summed E-state index contributed by atoms with van der Waals surface area (Å²) in [6.45, 7) is 1.47. The maximum absolute atomic E-state index is 11.6. The standard InChI is InChI=1S/C26H27NO2/c1-15(28)29-20-7-8-24-22(14-20)26(21-5-3-4-6-23(21)27(24)2)25-18-10-16-9-17(12-18)13-19(25)11-16/h3-8,14,16-19H,9-13H2,1-2H3. The maximum Gasteiger partial charge on any atom is 0.308 e. The van der Waals surface area contributed by atoms with Crippen LogP contribution in [0.3, 0.4) is 0 Å². The van der Waals surface area contributed by atoms with Gasteiger partial charge < -0.3 is 9.64 Å². The number of allylic oxidation sites excluding steroid dienone is 1. The maximum atomic E-state index is 11.6. The van der Waals surface area contributed by atoms with E-state index in [-0.39, 0.29) is 5.97 Å². The summed E-state index contributed by atoms with van der Waals surface area (Å²) in [6.07, 6.45) is 6.92. The Hall–Kier alpha value is -2.55. The Balaban J connectivity index is 1.60. The van der Waals surface area contributed by atoms with Crippen molar-refractivity contribution in [2.75, 3.05) is 11.9 Å². The summed E-state index contributed by atoms with van der Waals surface area (Å²) < 4.78 is 5.48. The van der Waals surface area contributed by atoms with Gasteiger partial charge in [-0.05, 0) is 85.6 Å². The Morgan fingerprint density at radius 3 is 2.24 bits per heavy atom. The van der Waals surface area contributed by atoms with Gasteiger partial charge in [0.15, 0.2) is 0 Å². The highest BCUT2D eigenvalue weighted by molar-refractivity contribution is 5.99. The van der Waals surface area contributed by atoms with Gasteiger partial charge in [-0.1, -0.05) is 23.8 Å². The van der Waals surface area contributed by atoms with Crippen LogP contribution in [0.4, 0.5) is 11.4 Å². The molecule has 7 rings (SSSR count). The number of benzene rings is 2. The third kappa shape index (κ3) is 2.59. The zero-order valence-corrected chi connectivity index (χ0v) is 17.2. The van der Waals surface area contributed by atoms with Crippen molar-refractivity contribution >= 4 is 22.9 Å². The number of carbonyl (C=O) groups is 1. The fraction of sp³-hybridized carbons (Fsp3) is 0.423. The van der Waals surface area contributed by atoms with E-state index in [4.69, 9.17) is 4.74 Å². The van der Waals surface area contributed by atoms with Crippen LogP contribution in [-0.4, -0.2) is 13.0 Å². The lowest BCUT2D eigenvalue weighted by Gasteiger charge is -2.52. The number of esters is 1. The number of rotatable bonds is 1. The molecule has 3 heteroatoms. The molecule has 1 aliphatic heterocycles. The number of hydrogen-bond acceptors (Lipinski definition) is 3. The van der Waals surface area contributed by atoms with Crippen molar-refractivity contribution in [3.63, 3.8) is 0 Å². The molecule has 4 saturated carbocycles. The van der Waals surface area contributed by atoms with Gasteiger partial charge in [0.05, 0.1) is 0 Å². The first-order valence-electron chi connectivity index (χ1n) is 11.0. The highest BCUT2D eigenvalue weighted by Gasteiger charge is 2.47. The Morgan fingerprint density at radius 2 is 1.55 bits per heavy atom. The van der Waals surface area contributed by atoms with Crippen molar-refractivity contribution in [2.24, 2.45) is 23.7 Å². The molecular weight excluding hydrogens is 358 g/mol. The fourth-order valence-corrected chi connectivity index (χ4v) is 6.90. The summed E-state index contributed by atoms with van der Waals surface area (Å²) in [4.78, 5) is 13.9. The Labute approximate surface area is 172 Å². The number of anilines is 2. The molecule has 0 saturated heterocycles. The number of fused-ring (bicyclic) bond motifs is 2. The summed E-state index contributed by atoms with van der Waals surface area (Å²) in [5, 5.41) is 0. The number of nitrogens with zero attached hydrogens (tertiary/aromatic N) is 1. The fourth-order valence-electron chi connectivity index (χ4n) is 6.90. The van der Waals surface area contributed by atoms with Gasteiger partial charge in [0.1, 0.15) is 5.75 Å². The van der Waals surface area contributed by atoms with Crippen molar-refractivity contribution in [1.82, 2.24) is 0 Å². The molecular formula is C26H27NO2. The zero-order chi connectivity index (χ0) is 19.7. The molecule has 4 fully saturated rings. The first-order chi connectivity index (χ1) is 14.1. The van der Waals surface area contributed by atoms with Gasteiger partial charge in [-0.2, -0.15) is 0 Å². The van der Waals surface area contributed by atoms with Crippen LogP contribution >= 0.6 is 0 Å². The van der Waals surface area contributed by atoms with E-state index in [2.05, 4.69) is 48.3 Å². The molecule has 2 aromatic rings. The molecule has 4 aliphatic carbocycles. The minimum absolute atomic E-state index is 0.265. The van der Waals surface area contributed by atoms with Crippen LogP contribution in [0.5, 0.6) is 5.75 Å². The minimum atomic E-state index is -0.265. The molecule has 0 aromatic heterocycles. The largest absolute Gasteiger partial charge is 0.427 e. The van der Waals surface area contributed by atoms with E-state index in [1.807, 2.05) is 6.07 Å². The molecule has 148 valence electrons. The van der Waals surface area contributed by atoms with Crippen molar-refractivity contribution in [1.29, 1.82) is 0 Å². The predicted molar refractivity (Wildman–Crippen MR) is 115 cm³/mol. The number of hydrogen-bond donors (Lipinski definition) is 0. The van der Waals surface area contributed by atoms with Crippen LogP contribution in [0.1, 0.15) is 50.2 Å². The quantitative estimate of drug-likeness (QED) is 0.449. The predicted octanol–water partition coefficient (Wildman–Crippen LogP) is 5.95. The summed E-state index contributed by atoms with van der Waals surface area (Å²) in [5.74, 6) is 3.71. The SMILES string of the molecule is CC(=O)Oc1ccc2c(c1)C(=C1C3CC4CC(C3)CC1C4)c1ccccc1N2C. The molecule has 2 aromatic carbocycles. The third-order valence-corrected chi connectivity index (χ3v) is 7.70. The number of carbonyl (C=O) groups excluding carboxylic acids is 1. The average molecular weight is 386 g/mol. The summed E-state index contributed by atoms with van der Waals surface area (Å²) in [7, 11) is 2.14. The van der Waals surface area contributed by atoms with Crippen LogP contribution in [0, 0.1) is 23.7 Å². The lowest BCUT2D eigenvalue weighted by atomic mass is 9.53.